The van der Waals surface area contributed by atoms with Gasteiger partial charge in [-0.2, -0.15) is 0 Å². The Balaban J connectivity index is 3.09. The molecule has 0 aromatic carbocycles. The van der Waals surface area contributed by atoms with Gasteiger partial charge in [0.05, 0.1) is 0 Å². The molecule has 0 aromatic heterocycles. The number of unbranched alkanes of at least 4 members (excludes halogenated alkanes) is 11. The summed E-state index contributed by atoms with van der Waals surface area (Å²) in [4.78, 5) is 0. The predicted octanol–water partition coefficient (Wildman–Crippen LogP) is 6.75. The van der Waals surface area contributed by atoms with Crippen molar-refractivity contribution in [2.75, 3.05) is 13.1 Å². The molecule has 2 heteroatoms. The third-order valence-corrected chi connectivity index (χ3v) is 4.72. The van der Waals surface area contributed by atoms with Gasteiger partial charge in [0.2, 0.25) is 0 Å². The molecule has 0 aromatic rings. The summed E-state index contributed by atoms with van der Waals surface area (Å²) >= 11 is 2.52. The van der Waals surface area contributed by atoms with Crippen LogP contribution in [0.1, 0.15) is 97.3 Å². The molecule has 0 aliphatic carbocycles. The molecular formula is C17H36IN. The quantitative estimate of drug-likeness (QED) is 0.172. The van der Waals surface area contributed by atoms with Crippen LogP contribution in [-0.4, -0.2) is 16.2 Å². The van der Waals surface area contributed by atoms with Crippen molar-refractivity contribution in [3.05, 3.63) is 0 Å². The van der Waals surface area contributed by atoms with Gasteiger partial charge in [-0.25, -0.2) is 3.11 Å². The molecule has 19 heavy (non-hydrogen) atoms. The second-order valence-electron chi connectivity index (χ2n) is 5.80. The Morgan fingerprint density at radius 2 is 0.842 bits per heavy atom. The summed E-state index contributed by atoms with van der Waals surface area (Å²) in [5.41, 5.74) is 0. The summed E-state index contributed by atoms with van der Waals surface area (Å²) in [7, 11) is 0. The van der Waals surface area contributed by atoms with E-state index in [0.717, 1.165) is 0 Å². The van der Waals surface area contributed by atoms with Crippen LogP contribution in [0.3, 0.4) is 0 Å². The van der Waals surface area contributed by atoms with Gasteiger partial charge in [0.15, 0.2) is 0 Å². The van der Waals surface area contributed by atoms with Gasteiger partial charge in [0, 0.05) is 36.0 Å². The molecule has 0 radical (unpaired) electrons. The third-order valence-electron chi connectivity index (χ3n) is 3.76. The summed E-state index contributed by atoms with van der Waals surface area (Å²) in [5.74, 6) is 0. The summed E-state index contributed by atoms with van der Waals surface area (Å²) in [6.45, 7) is 7.16. The van der Waals surface area contributed by atoms with Crippen molar-refractivity contribution in [3.63, 3.8) is 0 Å². The minimum atomic E-state index is 1.29. The van der Waals surface area contributed by atoms with Crippen LogP contribution >= 0.6 is 22.9 Å². The van der Waals surface area contributed by atoms with Crippen molar-refractivity contribution >= 4 is 22.9 Å². The topological polar surface area (TPSA) is 3.24 Å². The lowest BCUT2D eigenvalue weighted by molar-refractivity contribution is 0.451. The summed E-state index contributed by atoms with van der Waals surface area (Å²) in [6.07, 6.45) is 18.4. The highest BCUT2D eigenvalue weighted by atomic mass is 127. The van der Waals surface area contributed by atoms with Crippen LogP contribution in [0.2, 0.25) is 0 Å². The number of hydrogen-bond acceptors (Lipinski definition) is 1. The van der Waals surface area contributed by atoms with E-state index in [-0.39, 0.29) is 0 Å². The minimum Gasteiger partial charge on any atom is -0.248 e. The molecule has 0 bridgehead atoms. The van der Waals surface area contributed by atoms with Crippen LogP contribution in [0.15, 0.2) is 0 Å². The fourth-order valence-corrected chi connectivity index (χ4v) is 3.10. The van der Waals surface area contributed by atoms with Gasteiger partial charge < -0.3 is 0 Å². The maximum atomic E-state index is 2.52. The molecule has 0 amide bonds. The van der Waals surface area contributed by atoms with Gasteiger partial charge >= 0.3 is 0 Å². The first-order valence-corrected chi connectivity index (χ1v) is 9.68. The second kappa shape index (κ2) is 16.7. The zero-order valence-corrected chi connectivity index (χ0v) is 15.6. The van der Waals surface area contributed by atoms with Crippen LogP contribution in [0, 0.1) is 0 Å². The first-order chi connectivity index (χ1) is 9.31. The molecule has 0 aliphatic heterocycles. The molecule has 0 saturated heterocycles. The van der Waals surface area contributed by atoms with Crippen molar-refractivity contribution < 1.29 is 0 Å². The zero-order chi connectivity index (χ0) is 14.2. The van der Waals surface area contributed by atoms with E-state index in [0.29, 0.717) is 0 Å². The van der Waals surface area contributed by atoms with Gasteiger partial charge in [-0.15, -0.1) is 0 Å². The number of hydrogen-bond donors (Lipinski definition) is 0. The van der Waals surface area contributed by atoms with E-state index in [4.69, 9.17) is 0 Å². The highest BCUT2D eigenvalue weighted by molar-refractivity contribution is 14.1. The van der Waals surface area contributed by atoms with Crippen LogP contribution in [0.5, 0.6) is 0 Å². The number of rotatable bonds is 15. The van der Waals surface area contributed by atoms with E-state index in [1.54, 1.807) is 0 Å². The zero-order valence-electron chi connectivity index (χ0n) is 13.4. The first kappa shape index (κ1) is 19.7. The molecule has 0 spiro atoms. The number of halogens is 1. The van der Waals surface area contributed by atoms with Gasteiger partial charge in [-0.1, -0.05) is 84.5 Å². The molecule has 1 nitrogen and oxygen atoms in total. The van der Waals surface area contributed by atoms with E-state index in [1.807, 2.05) is 0 Å². The van der Waals surface area contributed by atoms with Crippen molar-refractivity contribution in [2.45, 2.75) is 97.3 Å². The van der Waals surface area contributed by atoms with E-state index >= 15 is 0 Å². The van der Waals surface area contributed by atoms with Gasteiger partial charge in [0.25, 0.3) is 0 Å². The summed E-state index contributed by atoms with van der Waals surface area (Å²) in [5, 5.41) is 0. The second-order valence-corrected chi connectivity index (χ2v) is 7.16. The maximum absolute atomic E-state index is 2.52. The standard InChI is InChI=1S/C17H36IN/c1-3-5-7-9-10-11-13-15-17-19(18)16-14-12-8-6-4-2/h3-17H2,1-2H3. The summed E-state index contributed by atoms with van der Waals surface area (Å²) < 4.78 is 2.50. The van der Waals surface area contributed by atoms with Gasteiger partial charge in [-0.05, 0) is 12.8 Å². The molecule has 0 N–H and O–H groups in total. The lowest BCUT2D eigenvalue weighted by atomic mass is 10.1. The van der Waals surface area contributed by atoms with Crippen molar-refractivity contribution in [3.8, 4) is 0 Å². The largest absolute Gasteiger partial charge is 0.248 e. The fourth-order valence-electron chi connectivity index (χ4n) is 2.42. The smallest absolute Gasteiger partial charge is 0.0201 e. The Morgan fingerprint density at radius 3 is 1.21 bits per heavy atom. The van der Waals surface area contributed by atoms with E-state index in [9.17, 15) is 0 Å². The predicted molar refractivity (Wildman–Crippen MR) is 97.0 cm³/mol. The molecule has 0 unspecified atom stereocenters. The van der Waals surface area contributed by atoms with Gasteiger partial charge in [-0.3, -0.25) is 0 Å². The molecule has 0 fully saturated rings. The van der Waals surface area contributed by atoms with Crippen LogP contribution < -0.4 is 0 Å². The molecule has 0 saturated carbocycles. The Morgan fingerprint density at radius 1 is 0.526 bits per heavy atom. The lowest BCUT2D eigenvalue weighted by Gasteiger charge is -2.13. The maximum Gasteiger partial charge on any atom is 0.0201 e. The number of nitrogens with zero attached hydrogens (tertiary/aromatic N) is 1. The Kier molecular flexibility index (Phi) is 17.4. The molecule has 0 heterocycles. The van der Waals surface area contributed by atoms with Crippen LogP contribution in [0.4, 0.5) is 0 Å². The highest BCUT2D eigenvalue weighted by Crippen LogP contribution is 2.11. The Labute approximate surface area is 136 Å². The average Bonchev–Trinajstić information content (AvgIpc) is 2.41. The third kappa shape index (κ3) is 16.6. The monoisotopic (exact) mass is 381 g/mol. The SMILES string of the molecule is CCCCCCCCCCN(I)CCCCCCC. The van der Waals surface area contributed by atoms with E-state index < -0.39 is 0 Å². The average molecular weight is 381 g/mol. The van der Waals surface area contributed by atoms with E-state index in [1.165, 1.54) is 96.6 Å². The van der Waals surface area contributed by atoms with Crippen LogP contribution in [-0.2, 0) is 0 Å². The Bertz CT molecular complexity index is 161. The first-order valence-electron chi connectivity index (χ1n) is 8.72. The van der Waals surface area contributed by atoms with E-state index in [2.05, 4.69) is 39.8 Å². The van der Waals surface area contributed by atoms with Crippen molar-refractivity contribution in [2.24, 2.45) is 0 Å². The highest BCUT2D eigenvalue weighted by Gasteiger charge is 2.00. The van der Waals surface area contributed by atoms with Gasteiger partial charge in [0.1, 0.15) is 0 Å². The van der Waals surface area contributed by atoms with Crippen molar-refractivity contribution in [1.82, 2.24) is 3.11 Å². The fraction of sp³-hybridized carbons (Fsp3) is 1.00. The molecular weight excluding hydrogens is 345 g/mol. The minimum absolute atomic E-state index is 1.29. The molecule has 0 aliphatic rings. The normalized spacial score (nSPS) is 11.4. The molecule has 0 rings (SSSR count). The lowest BCUT2D eigenvalue weighted by Crippen LogP contribution is -2.14. The Hall–Kier alpha value is 0.690. The van der Waals surface area contributed by atoms with Crippen molar-refractivity contribution in [1.29, 1.82) is 0 Å². The molecule has 0 atom stereocenters. The summed E-state index contributed by atoms with van der Waals surface area (Å²) in [6, 6.07) is 0. The van der Waals surface area contributed by atoms with Crippen LogP contribution in [0.25, 0.3) is 0 Å². The molecule has 116 valence electrons.